The minimum atomic E-state index is -0.750. The first-order valence-corrected chi connectivity index (χ1v) is 10.7. The molecule has 0 bridgehead atoms. The van der Waals surface area contributed by atoms with Crippen LogP contribution in [0.4, 0.5) is 0 Å². The van der Waals surface area contributed by atoms with Gasteiger partial charge in [-0.05, 0) is 31.2 Å². The number of benzene rings is 1. The van der Waals surface area contributed by atoms with Crippen LogP contribution in [0, 0.1) is 11.8 Å². The molecular formula is C20H21Cl2N5O3. The maximum atomic E-state index is 13.2. The fourth-order valence-corrected chi connectivity index (χ4v) is 5.05. The van der Waals surface area contributed by atoms with Crippen molar-refractivity contribution in [3.05, 3.63) is 30.0 Å². The normalized spacial score (nSPS) is 28.3. The highest BCUT2D eigenvalue weighted by molar-refractivity contribution is 6.50. The molecule has 30 heavy (non-hydrogen) atoms. The van der Waals surface area contributed by atoms with E-state index in [1.54, 1.807) is 23.1 Å². The number of hydrogen-bond donors (Lipinski definition) is 2. The third-order valence-electron chi connectivity index (χ3n) is 6.35. The number of fused-ring (bicyclic) bond motifs is 2. The van der Waals surface area contributed by atoms with Crippen LogP contribution in [0.15, 0.2) is 24.3 Å². The summed E-state index contributed by atoms with van der Waals surface area (Å²) in [7, 11) is 0. The third-order valence-corrected chi connectivity index (χ3v) is 7.28. The standard InChI is InChI=1S/C20H21Cl2N5O3/c21-20(22)7-11(20)8-24-19(30)15-6-10-5-14(10)27(15)16(28)9-26-13-4-2-1-3-12(13)17(25-26)18(23)29/h1-4,10-11,14-15H,5-9H2,(H2,23,29)(H,24,30)/t10-,11+,14-,15+/m1/s1. The van der Waals surface area contributed by atoms with Crippen molar-refractivity contribution < 1.29 is 14.4 Å². The molecule has 0 unspecified atom stereocenters. The Kier molecular flexibility index (Phi) is 4.48. The van der Waals surface area contributed by atoms with Crippen LogP contribution in [0.5, 0.6) is 0 Å². The van der Waals surface area contributed by atoms with Crippen LogP contribution in [0.1, 0.15) is 29.8 Å². The molecule has 3 fully saturated rings. The van der Waals surface area contributed by atoms with E-state index in [-0.39, 0.29) is 36.0 Å². The van der Waals surface area contributed by atoms with Gasteiger partial charge in [-0.15, -0.1) is 23.2 Å². The summed E-state index contributed by atoms with van der Waals surface area (Å²) in [5, 5.41) is 7.76. The monoisotopic (exact) mass is 449 g/mol. The quantitative estimate of drug-likeness (QED) is 0.649. The van der Waals surface area contributed by atoms with E-state index < -0.39 is 16.3 Å². The maximum absolute atomic E-state index is 13.2. The molecule has 2 heterocycles. The summed E-state index contributed by atoms with van der Waals surface area (Å²) < 4.78 is 0.738. The maximum Gasteiger partial charge on any atom is 0.269 e. The van der Waals surface area contributed by atoms with Crippen molar-refractivity contribution >= 4 is 51.8 Å². The predicted octanol–water partition coefficient (Wildman–Crippen LogP) is 1.43. The summed E-state index contributed by atoms with van der Waals surface area (Å²) in [6.45, 7) is 0.349. The van der Waals surface area contributed by atoms with Gasteiger partial charge in [0, 0.05) is 23.9 Å². The molecule has 4 atom stereocenters. The van der Waals surface area contributed by atoms with Gasteiger partial charge >= 0.3 is 0 Å². The van der Waals surface area contributed by atoms with Gasteiger partial charge in [-0.25, -0.2) is 0 Å². The fourth-order valence-electron chi connectivity index (χ4n) is 4.52. The Labute approximate surface area is 182 Å². The van der Waals surface area contributed by atoms with E-state index in [1.807, 2.05) is 6.07 Å². The zero-order valence-corrected chi connectivity index (χ0v) is 17.6. The van der Waals surface area contributed by atoms with Crippen molar-refractivity contribution in [3.8, 4) is 0 Å². The van der Waals surface area contributed by atoms with E-state index in [2.05, 4.69) is 10.4 Å². The van der Waals surface area contributed by atoms with Crippen LogP contribution in [-0.2, 0) is 16.1 Å². The number of nitrogens with two attached hydrogens (primary N) is 1. The minimum Gasteiger partial charge on any atom is -0.364 e. The van der Waals surface area contributed by atoms with Crippen molar-refractivity contribution in [3.63, 3.8) is 0 Å². The largest absolute Gasteiger partial charge is 0.364 e. The lowest BCUT2D eigenvalue weighted by Gasteiger charge is -2.27. The van der Waals surface area contributed by atoms with Crippen molar-refractivity contribution in [2.24, 2.45) is 17.6 Å². The highest BCUT2D eigenvalue weighted by atomic mass is 35.5. The average molecular weight is 450 g/mol. The van der Waals surface area contributed by atoms with Crippen molar-refractivity contribution in [1.82, 2.24) is 20.0 Å². The first-order valence-electron chi connectivity index (χ1n) is 9.98. The molecule has 5 rings (SSSR count). The van der Waals surface area contributed by atoms with E-state index in [1.165, 1.54) is 4.68 Å². The Balaban J connectivity index is 1.32. The highest BCUT2D eigenvalue weighted by Gasteiger charge is 2.56. The van der Waals surface area contributed by atoms with Gasteiger partial charge in [0.2, 0.25) is 11.8 Å². The Hall–Kier alpha value is -2.32. The lowest BCUT2D eigenvalue weighted by Crippen LogP contribution is -2.49. The van der Waals surface area contributed by atoms with Gasteiger partial charge in [0.1, 0.15) is 16.9 Å². The van der Waals surface area contributed by atoms with E-state index in [0.717, 1.165) is 6.42 Å². The molecule has 8 nitrogen and oxygen atoms in total. The van der Waals surface area contributed by atoms with Crippen LogP contribution in [0.2, 0.25) is 0 Å². The topological polar surface area (TPSA) is 110 Å². The highest BCUT2D eigenvalue weighted by Crippen LogP contribution is 2.53. The molecule has 1 aliphatic heterocycles. The molecule has 0 spiro atoms. The van der Waals surface area contributed by atoms with Crippen molar-refractivity contribution in [1.29, 1.82) is 0 Å². The van der Waals surface area contributed by atoms with Crippen molar-refractivity contribution in [2.45, 2.75) is 42.2 Å². The molecule has 2 aromatic rings. The first kappa shape index (κ1) is 19.6. The molecule has 1 aromatic heterocycles. The minimum absolute atomic E-state index is 0.0486. The number of alkyl halides is 2. The summed E-state index contributed by atoms with van der Waals surface area (Å²) in [5.74, 6) is -0.601. The molecule has 158 valence electrons. The van der Waals surface area contributed by atoms with Crippen molar-refractivity contribution in [2.75, 3.05) is 6.54 Å². The number of amides is 3. The Morgan fingerprint density at radius 3 is 2.67 bits per heavy atom. The van der Waals surface area contributed by atoms with Gasteiger partial charge in [-0.3, -0.25) is 19.1 Å². The second-order valence-corrected chi connectivity index (χ2v) is 9.95. The molecule has 3 aliphatic rings. The molecule has 0 radical (unpaired) electrons. The Morgan fingerprint density at radius 1 is 1.23 bits per heavy atom. The predicted molar refractivity (Wildman–Crippen MR) is 111 cm³/mol. The number of nitrogens with zero attached hydrogens (tertiary/aromatic N) is 3. The lowest BCUT2D eigenvalue weighted by molar-refractivity contribution is -0.140. The van der Waals surface area contributed by atoms with E-state index in [9.17, 15) is 14.4 Å². The number of carbonyl (C=O) groups is 3. The van der Waals surface area contributed by atoms with E-state index in [4.69, 9.17) is 28.9 Å². The number of rotatable bonds is 6. The summed E-state index contributed by atoms with van der Waals surface area (Å²) in [5.41, 5.74) is 6.22. The second kappa shape index (κ2) is 6.85. The van der Waals surface area contributed by atoms with Crippen LogP contribution in [-0.4, -0.2) is 55.4 Å². The fraction of sp³-hybridized carbons (Fsp3) is 0.500. The van der Waals surface area contributed by atoms with E-state index >= 15 is 0 Å². The van der Waals surface area contributed by atoms with E-state index in [0.29, 0.717) is 36.2 Å². The Bertz CT molecular complexity index is 1070. The number of piperidine rings is 1. The molecule has 1 aromatic carbocycles. The zero-order chi connectivity index (χ0) is 21.2. The van der Waals surface area contributed by atoms with Crippen LogP contribution in [0.3, 0.4) is 0 Å². The second-order valence-electron chi connectivity index (χ2n) is 8.41. The summed E-state index contributed by atoms with van der Waals surface area (Å²) >= 11 is 12.1. The number of hydrogen-bond acceptors (Lipinski definition) is 4. The number of likely N-dealkylation sites (tertiary alicyclic amines) is 1. The number of aromatic nitrogens is 2. The molecule has 3 amide bonds. The van der Waals surface area contributed by atoms with Gasteiger partial charge in [-0.2, -0.15) is 5.10 Å². The number of nitrogens with one attached hydrogen (secondary N) is 1. The van der Waals surface area contributed by atoms with Gasteiger partial charge in [0.05, 0.1) is 5.52 Å². The van der Waals surface area contributed by atoms with Gasteiger partial charge in [0.25, 0.3) is 5.91 Å². The SMILES string of the molecule is NC(=O)c1nn(CC(=O)N2[C@@H]3C[C@@H]3C[C@H]2C(=O)NC[C@@H]2CC2(Cl)Cl)c2ccccc12. The van der Waals surface area contributed by atoms with Gasteiger partial charge in [0.15, 0.2) is 5.69 Å². The summed E-state index contributed by atoms with van der Waals surface area (Å²) in [6.07, 6.45) is 2.23. The number of para-hydroxylation sites is 1. The van der Waals surface area contributed by atoms with Crippen LogP contribution >= 0.6 is 23.2 Å². The summed E-state index contributed by atoms with van der Waals surface area (Å²) in [6, 6.07) is 6.72. The third kappa shape index (κ3) is 3.32. The zero-order valence-electron chi connectivity index (χ0n) is 16.1. The molecule has 2 saturated carbocycles. The molecule has 3 N–H and O–H groups in total. The van der Waals surface area contributed by atoms with Gasteiger partial charge < -0.3 is 16.0 Å². The average Bonchev–Trinajstić information content (AvgIpc) is 3.49. The summed E-state index contributed by atoms with van der Waals surface area (Å²) in [4.78, 5) is 39.3. The number of halogens is 2. The molecule has 2 aliphatic carbocycles. The van der Waals surface area contributed by atoms with Crippen LogP contribution in [0.25, 0.3) is 10.9 Å². The molecular weight excluding hydrogens is 429 g/mol. The van der Waals surface area contributed by atoms with Crippen LogP contribution < -0.4 is 11.1 Å². The number of primary amides is 1. The first-order chi connectivity index (χ1) is 14.3. The molecule has 10 heteroatoms. The Morgan fingerprint density at radius 2 is 1.97 bits per heavy atom. The molecule has 1 saturated heterocycles. The van der Waals surface area contributed by atoms with Gasteiger partial charge in [-0.1, -0.05) is 18.2 Å². The number of carbonyl (C=O) groups excluding carboxylic acids is 3. The lowest BCUT2D eigenvalue weighted by atomic mass is 10.1. The smallest absolute Gasteiger partial charge is 0.269 e.